The first-order chi connectivity index (χ1) is 11.2. The van der Waals surface area contributed by atoms with Gasteiger partial charge in [0.1, 0.15) is 0 Å². The Kier molecular flexibility index (Phi) is 9.26. The van der Waals surface area contributed by atoms with E-state index in [1.54, 1.807) is 21.3 Å². The molecule has 2 rings (SSSR count). The van der Waals surface area contributed by atoms with E-state index in [2.05, 4.69) is 17.1 Å². The van der Waals surface area contributed by atoms with E-state index in [0.29, 0.717) is 5.75 Å². The topological polar surface area (TPSA) is 43.0 Å². The third-order valence-corrected chi connectivity index (χ3v) is 4.52. The van der Waals surface area contributed by atoms with Crippen molar-refractivity contribution < 1.29 is 14.2 Å². The molecule has 0 bridgehead atoms. The van der Waals surface area contributed by atoms with Crippen LogP contribution in [0.15, 0.2) is 12.1 Å². The van der Waals surface area contributed by atoms with Crippen LogP contribution in [0.3, 0.4) is 0 Å². The number of halogens is 1. The van der Waals surface area contributed by atoms with Crippen molar-refractivity contribution in [2.75, 3.05) is 47.5 Å². The second-order valence-electron chi connectivity index (χ2n) is 6.06. The normalized spacial score (nSPS) is 15.7. The summed E-state index contributed by atoms with van der Waals surface area (Å²) in [5, 5.41) is 3.46. The van der Waals surface area contributed by atoms with Crippen molar-refractivity contribution in [1.82, 2.24) is 10.2 Å². The lowest BCUT2D eigenvalue weighted by Gasteiger charge is -2.32. The van der Waals surface area contributed by atoms with Crippen LogP contribution in [-0.2, 0) is 6.54 Å². The Balaban J connectivity index is 0.00000288. The quantitative estimate of drug-likeness (QED) is 0.774. The molecule has 1 aromatic carbocycles. The highest BCUT2D eigenvalue weighted by Gasteiger charge is 2.20. The number of rotatable bonds is 8. The summed E-state index contributed by atoms with van der Waals surface area (Å²) in [6.07, 6.45) is 2.52. The lowest BCUT2D eigenvalue weighted by molar-refractivity contribution is 0.175. The number of piperidine rings is 1. The number of hydrogen-bond donors (Lipinski definition) is 1. The Bertz CT molecular complexity index is 466. The fourth-order valence-corrected chi connectivity index (χ4v) is 3.18. The zero-order valence-corrected chi connectivity index (χ0v) is 16.1. The third-order valence-electron chi connectivity index (χ3n) is 4.52. The second kappa shape index (κ2) is 10.6. The van der Waals surface area contributed by atoms with Gasteiger partial charge in [-0.15, -0.1) is 12.4 Å². The van der Waals surface area contributed by atoms with E-state index < -0.39 is 0 Å². The van der Waals surface area contributed by atoms with Gasteiger partial charge in [-0.2, -0.15) is 0 Å². The highest BCUT2D eigenvalue weighted by Crippen LogP contribution is 2.38. The molecule has 1 fully saturated rings. The summed E-state index contributed by atoms with van der Waals surface area (Å²) >= 11 is 0. The van der Waals surface area contributed by atoms with Gasteiger partial charge in [-0.3, -0.25) is 4.90 Å². The van der Waals surface area contributed by atoms with Gasteiger partial charge in [0, 0.05) is 6.54 Å². The molecule has 0 amide bonds. The third kappa shape index (κ3) is 5.43. The molecule has 138 valence electrons. The van der Waals surface area contributed by atoms with Gasteiger partial charge in [-0.05, 0) is 62.6 Å². The minimum absolute atomic E-state index is 0. The highest BCUT2D eigenvalue weighted by atomic mass is 35.5. The average molecular weight is 359 g/mol. The van der Waals surface area contributed by atoms with E-state index in [1.807, 2.05) is 12.1 Å². The fraction of sp³-hybridized carbons (Fsp3) is 0.667. The molecule has 5 nitrogen and oxygen atoms in total. The van der Waals surface area contributed by atoms with E-state index in [0.717, 1.165) is 50.1 Å². The molecule has 1 aromatic rings. The van der Waals surface area contributed by atoms with Gasteiger partial charge in [0.25, 0.3) is 0 Å². The molecule has 0 saturated carbocycles. The molecule has 0 radical (unpaired) electrons. The van der Waals surface area contributed by atoms with Crippen LogP contribution in [-0.4, -0.2) is 52.4 Å². The summed E-state index contributed by atoms with van der Waals surface area (Å²) in [6.45, 7) is 7.59. The van der Waals surface area contributed by atoms with Crippen molar-refractivity contribution in [2.24, 2.45) is 5.92 Å². The molecule has 0 spiro atoms. The van der Waals surface area contributed by atoms with Gasteiger partial charge in [0.15, 0.2) is 11.5 Å². The Morgan fingerprint density at radius 3 is 2.08 bits per heavy atom. The molecule has 0 aromatic heterocycles. The highest BCUT2D eigenvalue weighted by molar-refractivity contribution is 5.85. The summed E-state index contributed by atoms with van der Waals surface area (Å²) in [6, 6.07) is 4.10. The van der Waals surface area contributed by atoms with Crippen LogP contribution in [0, 0.1) is 5.92 Å². The van der Waals surface area contributed by atoms with Crippen molar-refractivity contribution in [3.05, 3.63) is 17.7 Å². The van der Waals surface area contributed by atoms with Crippen molar-refractivity contribution in [2.45, 2.75) is 26.3 Å². The van der Waals surface area contributed by atoms with E-state index in [9.17, 15) is 0 Å². The van der Waals surface area contributed by atoms with Gasteiger partial charge < -0.3 is 19.5 Å². The lowest BCUT2D eigenvalue weighted by Crippen LogP contribution is -2.36. The van der Waals surface area contributed by atoms with Crippen LogP contribution in [0.4, 0.5) is 0 Å². The molecule has 1 aliphatic rings. The first-order valence-corrected chi connectivity index (χ1v) is 8.43. The summed E-state index contributed by atoms with van der Waals surface area (Å²) < 4.78 is 16.3. The molecular formula is C18H31ClN2O3. The van der Waals surface area contributed by atoms with Crippen LogP contribution < -0.4 is 19.5 Å². The SMILES string of the molecule is CCNCC1CCN(Cc2cc(OC)c(OC)c(OC)c2)CC1.Cl. The van der Waals surface area contributed by atoms with Gasteiger partial charge in [0.2, 0.25) is 5.75 Å². The zero-order valence-electron chi connectivity index (χ0n) is 15.3. The largest absolute Gasteiger partial charge is 0.493 e. The molecule has 0 unspecified atom stereocenters. The molecule has 1 heterocycles. The number of likely N-dealkylation sites (tertiary alicyclic amines) is 1. The number of nitrogens with one attached hydrogen (secondary N) is 1. The summed E-state index contributed by atoms with van der Waals surface area (Å²) in [7, 11) is 4.95. The van der Waals surface area contributed by atoms with Gasteiger partial charge in [0.05, 0.1) is 21.3 Å². The minimum Gasteiger partial charge on any atom is -0.493 e. The number of benzene rings is 1. The minimum atomic E-state index is 0. The monoisotopic (exact) mass is 358 g/mol. The van der Waals surface area contributed by atoms with Crippen LogP contribution in [0.5, 0.6) is 17.2 Å². The molecular weight excluding hydrogens is 328 g/mol. The smallest absolute Gasteiger partial charge is 0.203 e. The van der Waals surface area contributed by atoms with Crippen LogP contribution in [0.2, 0.25) is 0 Å². The summed E-state index contributed by atoms with van der Waals surface area (Å²) in [4.78, 5) is 2.50. The van der Waals surface area contributed by atoms with Crippen LogP contribution in [0.25, 0.3) is 0 Å². The van der Waals surface area contributed by atoms with Gasteiger partial charge in [-0.25, -0.2) is 0 Å². The van der Waals surface area contributed by atoms with Crippen LogP contribution in [0.1, 0.15) is 25.3 Å². The van der Waals surface area contributed by atoms with Crippen molar-refractivity contribution >= 4 is 12.4 Å². The average Bonchev–Trinajstić information content (AvgIpc) is 2.60. The lowest BCUT2D eigenvalue weighted by atomic mass is 9.96. The maximum Gasteiger partial charge on any atom is 0.203 e. The van der Waals surface area contributed by atoms with E-state index in [4.69, 9.17) is 14.2 Å². The van der Waals surface area contributed by atoms with E-state index >= 15 is 0 Å². The first kappa shape index (κ1) is 20.9. The molecule has 6 heteroatoms. The molecule has 1 N–H and O–H groups in total. The number of ether oxygens (including phenoxy) is 3. The first-order valence-electron chi connectivity index (χ1n) is 8.43. The Morgan fingerprint density at radius 1 is 1.04 bits per heavy atom. The standard InChI is InChI=1S/C18H30N2O3.ClH/c1-5-19-12-14-6-8-20(9-7-14)13-15-10-16(21-2)18(23-4)17(11-15)22-3;/h10-11,14,19H,5-9,12-13H2,1-4H3;1H. The number of methoxy groups -OCH3 is 3. The second-order valence-corrected chi connectivity index (χ2v) is 6.06. The molecule has 24 heavy (non-hydrogen) atoms. The number of hydrogen-bond acceptors (Lipinski definition) is 5. The Labute approximate surface area is 152 Å². The van der Waals surface area contributed by atoms with Gasteiger partial charge >= 0.3 is 0 Å². The maximum absolute atomic E-state index is 5.44. The molecule has 1 aliphatic heterocycles. The molecule has 0 aliphatic carbocycles. The zero-order chi connectivity index (χ0) is 16.7. The Hall–Kier alpha value is -1.17. The summed E-state index contributed by atoms with van der Waals surface area (Å²) in [5.74, 6) is 2.92. The van der Waals surface area contributed by atoms with Crippen molar-refractivity contribution in [3.63, 3.8) is 0 Å². The van der Waals surface area contributed by atoms with E-state index in [-0.39, 0.29) is 12.4 Å². The molecule has 0 atom stereocenters. The molecule has 1 saturated heterocycles. The number of nitrogens with zero attached hydrogens (tertiary/aromatic N) is 1. The van der Waals surface area contributed by atoms with Gasteiger partial charge in [-0.1, -0.05) is 6.92 Å². The maximum atomic E-state index is 5.44. The fourth-order valence-electron chi connectivity index (χ4n) is 3.18. The van der Waals surface area contributed by atoms with Crippen molar-refractivity contribution in [3.8, 4) is 17.2 Å². The Morgan fingerprint density at radius 2 is 1.62 bits per heavy atom. The van der Waals surface area contributed by atoms with Crippen molar-refractivity contribution in [1.29, 1.82) is 0 Å². The predicted molar refractivity (Wildman–Crippen MR) is 99.9 cm³/mol. The predicted octanol–water partition coefficient (Wildman–Crippen LogP) is 2.96. The summed E-state index contributed by atoms with van der Waals surface area (Å²) in [5.41, 5.74) is 1.20. The van der Waals surface area contributed by atoms with Crippen LogP contribution >= 0.6 is 12.4 Å². The van der Waals surface area contributed by atoms with E-state index in [1.165, 1.54) is 18.4 Å².